The highest BCUT2D eigenvalue weighted by Crippen LogP contribution is 2.32. The molecule has 2 rings (SSSR count). The van der Waals surface area contributed by atoms with Crippen molar-refractivity contribution in [1.82, 2.24) is 5.32 Å². The monoisotopic (exact) mass is 363 g/mol. The van der Waals surface area contributed by atoms with Crippen molar-refractivity contribution in [2.45, 2.75) is 71.8 Å². The van der Waals surface area contributed by atoms with Gasteiger partial charge in [-0.15, -0.1) is 12.3 Å². The number of nitrogens with zero attached hydrogens (tertiary/aromatic N) is 2. The smallest absolute Gasteiger partial charge is 0.217 e. The van der Waals surface area contributed by atoms with E-state index < -0.39 is 0 Å². The fraction of sp³-hybridized carbons (Fsp3) is 0.583. The Morgan fingerprint density at radius 2 is 2.26 bits per heavy atom. The molecule has 27 heavy (non-hydrogen) atoms. The Morgan fingerprint density at radius 3 is 3.00 bits per heavy atom. The van der Waals surface area contributed by atoms with Crippen LogP contribution in [0.25, 0.3) is 0 Å². The summed E-state index contributed by atoms with van der Waals surface area (Å²) in [5, 5.41) is 3.58. The summed E-state index contributed by atoms with van der Waals surface area (Å²) in [6, 6.07) is 0.454. The standard InChI is InChI=1S/C24H33N3/c1-5-8-12-20(7-3)13-10-16-25-24-26-18-22-17-21(19(4)11-6-2)14-9-15-23(22)27-24/h2,11-12,18,21-23H,7,9-10,13-17H2,1,3-4H3,(H,25,27)/b19-11+,20-12-. The maximum Gasteiger partial charge on any atom is 0.217 e. The third-order valence-corrected chi connectivity index (χ3v) is 5.59. The van der Waals surface area contributed by atoms with Crippen molar-refractivity contribution in [3.8, 4) is 24.2 Å². The van der Waals surface area contributed by atoms with E-state index in [0.717, 1.165) is 38.2 Å². The number of rotatable bonds is 6. The highest BCUT2D eigenvalue weighted by molar-refractivity contribution is 5.91. The Hall–Kier alpha value is -2.26. The van der Waals surface area contributed by atoms with E-state index >= 15 is 0 Å². The van der Waals surface area contributed by atoms with E-state index in [1.54, 1.807) is 0 Å². The van der Waals surface area contributed by atoms with E-state index in [2.05, 4.69) is 53.1 Å². The lowest BCUT2D eigenvalue weighted by Gasteiger charge is -2.28. The predicted octanol–water partition coefficient (Wildman–Crippen LogP) is 4.91. The van der Waals surface area contributed by atoms with Crippen molar-refractivity contribution in [3.63, 3.8) is 0 Å². The quantitative estimate of drug-likeness (QED) is 0.528. The molecular weight excluding hydrogens is 330 g/mol. The highest BCUT2D eigenvalue weighted by atomic mass is 15.2. The SMILES string of the molecule is C#C/C=C(\C)C1CCCC2NC(=NCCC/C(=C\C#CC)CC)N=CC2C1. The number of terminal acetylenes is 1. The minimum atomic E-state index is 0.454. The third-order valence-electron chi connectivity index (χ3n) is 5.59. The maximum atomic E-state index is 5.44. The Balaban J connectivity index is 1.89. The number of allylic oxidation sites excluding steroid dienone is 4. The van der Waals surface area contributed by atoms with Crippen molar-refractivity contribution in [1.29, 1.82) is 0 Å². The van der Waals surface area contributed by atoms with Crippen molar-refractivity contribution >= 4 is 12.2 Å². The first-order chi connectivity index (χ1) is 13.2. The molecule has 1 heterocycles. The summed E-state index contributed by atoms with van der Waals surface area (Å²) in [5.41, 5.74) is 2.73. The fourth-order valence-corrected chi connectivity index (χ4v) is 3.89. The van der Waals surface area contributed by atoms with Gasteiger partial charge >= 0.3 is 0 Å². The van der Waals surface area contributed by atoms with Gasteiger partial charge in [-0.2, -0.15) is 0 Å². The Morgan fingerprint density at radius 1 is 1.41 bits per heavy atom. The lowest BCUT2D eigenvalue weighted by molar-refractivity contribution is 0.432. The van der Waals surface area contributed by atoms with Gasteiger partial charge in [0.1, 0.15) is 0 Å². The molecule has 0 spiro atoms. The molecule has 1 aliphatic heterocycles. The van der Waals surface area contributed by atoms with Gasteiger partial charge in [0.2, 0.25) is 5.96 Å². The normalized spacial score (nSPS) is 27.0. The minimum absolute atomic E-state index is 0.454. The van der Waals surface area contributed by atoms with Gasteiger partial charge in [-0.25, -0.2) is 4.99 Å². The average Bonchev–Trinajstić information content (AvgIpc) is 2.89. The molecule has 144 valence electrons. The Kier molecular flexibility index (Phi) is 8.93. The largest absolute Gasteiger partial charge is 0.351 e. The second-order valence-corrected chi connectivity index (χ2v) is 7.47. The summed E-state index contributed by atoms with van der Waals surface area (Å²) >= 11 is 0. The zero-order valence-corrected chi connectivity index (χ0v) is 17.1. The van der Waals surface area contributed by atoms with Crippen molar-refractivity contribution < 1.29 is 0 Å². The van der Waals surface area contributed by atoms with Crippen molar-refractivity contribution in [3.05, 3.63) is 23.3 Å². The number of fused-ring (bicyclic) bond motifs is 1. The lowest BCUT2D eigenvalue weighted by Crippen LogP contribution is -2.44. The second-order valence-electron chi connectivity index (χ2n) is 7.47. The van der Waals surface area contributed by atoms with Gasteiger partial charge < -0.3 is 5.32 Å². The van der Waals surface area contributed by atoms with Crippen LogP contribution in [0.3, 0.4) is 0 Å². The summed E-state index contributed by atoms with van der Waals surface area (Å²) in [4.78, 5) is 9.28. The molecule has 1 N–H and O–H groups in total. The molecule has 0 amide bonds. The number of hydrogen-bond acceptors (Lipinski definition) is 1. The third kappa shape index (κ3) is 6.76. The van der Waals surface area contributed by atoms with Crippen LogP contribution < -0.4 is 5.32 Å². The van der Waals surface area contributed by atoms with Gasteiger partial charge in [-0.3, -0.25) is 4.99 Å². The predicted molar refractivity (Wildman–Crippen MR) is 117 cm³/mol. The van der Waals surface area contributed by atoms with Gasteiger partial charge in [0.25, 0.3) is 0 Å². The second kappa shape index (κ2) is 11.5. The van der Waals surface area contributed by atoms with E-state index in [0.29, 0.717) is 17.9 Å². The van der Waals surface area contributed by atoms with Crippen LogP contribution in [0, 0.1) is 36.0 Å². The van der Waals surface area contributed by atoms with Crippen LogP contribution in [0.2, 0.25) is 0 Å². The van der Waals surface area contributed by atoms with Crippen LogP contribution in [0.15, 0.2) is 33.3 Å². The van der Waals surface area contributed by atoms with Crippen LogP contribution in [0.5, 0.6) is 0 Å². The van der Waals surface area contributed by atoms with E-state index in [-0.39, 0.29) is 0 Å². The molecule has 3 nitrogen and oxygen atoms in total. The maximum absolute atomic E-state index is 5.44. The number of guanidine groups is 1. The van der Waals surface area contributed by atoms with E-state index in [1.165, 1.54) is 30.4 Å². The number of nitrogens with one attached hydrogen (secondary N) is 1. The van der Waals surface area contributed by atoms with Gasteiger partial charge in [0.05, 0.1) is 0 Å². The summed E-state index contributed by atoms with van der Waals surface area (Å²) in [6.45, 7) is 7.02. The molecule has 1 saturated carbocycles. The molecule has 0 saturated heterocycles. The first-order valence-electron chi connectivity index (χ1n) is 10.3. The molecule has 0 aromatic carbocycles. The summed E-state index contributed by atoms with van der Waals surface area (Å²) < 4.78 is 0. The first-order valence-corrected chi connectivity index (χ1v) is 10.3. The molecule has 0 aromatic rings. The molecule has 3 heteroatoms. The summed E-state index contributed by atoms with van der Waals surface area (Å²) in [5.74, 6) is 10.5. The highest BCUT2D eigenvalue weighted by Gasteiger charge is 2.30. The van der Waals surface area contributed by atoms with Crippen LogP contribution in [0.4, 0.5) is 0 Å². The average molecular weight is 364 g/mol. The van der Waals surface area contributed by atoms with Crippen molar-refractivity contribution in [2.75, 3.05) is 6.54 Å². The van der Waals surface area contributed by atoms with E-state index in [4.69, 9.17) is 6.42 Å². The van der Waals surface area contributed by atoms with Crippen LogP contribution in [-0.4, -0.2) is 24.8 Å². The molecule has 3 unspecified atom stereocenters. The molecule has 2 aliphatic rings. The summed E-state index contributed by atoms with van der Waals surface area (Å²) in [6.07, 6.45) is 19.4. The van der Waals surface area contributed by atoms with Gasteiger partial charge in [0, 0.05) is 24.7 Å². The Labute approximate surface area is 165 Å². The van der Waals surface area contributed by atoms with E-state index in [9.17, 15) is 0 Å². The zero-order chi connectivity index (χ0) is 19.5. The molecule has 1 aliphatic carbocycles. The van der Waals surface area contributed by atoms with Gasteiger partial charge in [-0.1, -0.05) is 36.3 Å². The first kappa shape index (κ1) is 21.0. The Bertz CT molecular complexity index is 706. The lowest BCUT2D eigenvalue weighted by atomic mass is 9.86. The van der Waals surface area contributed by atoms with Crippen LogP contribution in [-0.2, 0) is 0 Å². The minimum Gasteiger partial charge on any atom is -0.351 e. The van der Waals surface area contributed by atoms with Gasteiger partial charge in [0.15, 0.2) is 0 Å². The fourth-order valence-electron chi connectivity index (χ4n) is 3.89. The molecule has 0 bridgehead atoms. The zero-order valence-electron chi connectivity index (χ0n) is 17.1. The topological polar surface area (TPSA) is 36.8 Å². The summed E-state index contributed by atoms with van der Waals surface area (Å²) in [7, 11) is 0. The van der Waals surface area contributed by atoms with Crippen LogP contribution in [0.1, 0.15) is 65.7 Å². The number of hydrogen-bond donors (Lipinski definition) is 1. The molecule has 1 fully saturated rings. The molecule has 0 aromatic heterocycles. The molecule has 0 radical (unpaired) electrons. The van der Waals surface area contributed by atoms with Gasteiger partial charge in [-0.05, 0) is 70.4 Å². The van der Waals surface area contributed by atoms with Crippen LogP contribution >= 0.6 is 0 Å². The van der Waals surface area contributed by atoms with Crippen molar-refractivity contribution in [2.24, 2.45) is 21.8 Å². The molecule has 3 atom stereocenters. The molecular formula is C24H33N3. The van der Waals surface area contributed by atoms with E-state index in [1.807, 2.05) is 19.1 Å². The number of aliphatic imine (C=N–C) groups is 2.